The minimum Gasteiger partial charge on any atom is -0.497 e. The van der Waals surface area contributed by atoms with Crippen LogP contribution in [0, 0.1) is 17.0 Å². The number of rotatable bonds is 9. The normalized spacial score (nSPS) is 20.6. The van der Waals surface area contributed by atoms with Crippen LogP contribution in [0.25, 0.3) is 0 Å². The van der Waals surface area contributed by atoms with Crippen LogP contribution in [0.15, 0.2) is 42.5 Å². The summed E-state index contributed by atoms with van der Waals surface area (Å²) in [6, 6.07) is 13.0. The standard InChI is InChI=1S/C27H35N3O6/c1-19-17-21(5-12-26(19)30(32)33)28-20-3-6-23(7-4-20)35-18-27(31)29-15-13-25(14-16-29)36-24-10-8-22(34-2)9-11-24/h5,8-12,17,20,23,25,28H,3-4,6-7,13-16,18H2,1-2H3. The molecule has 0 aromatic heterocycles. The monoisotopic (exact) mass is 497 g/mol. The fourth-order valence-electron chi connectivity index (χ4n) is 4.91. The van der Waals surface area contributed by atoms with E-state index in [2.05, 4.69) is 5.32 Å². The maximum absolute atomic E-state index is 12.7. The number of piperidine rings is 1. The van der Waals surface area contributed by atoms with Gasteiger partial charge in [0.05, 0.1) is 18.1 Å². The van der Waals surface area contributed by atoms with Crippen molar-refractivity contribution in [2.24, 2.45) is 0 Å². The number of ether oxygens (including phenoxy) is 3. The molecule has 2 fully saturated rings. The average Bonchev–Trinajstić information content (AvgIpc) is 2.89. The second-order valence-corrected chi connectivity index (χ2v) is 9.56. The Morgan fingerprint density at radius 2 is 1.67 bits per heavy atom. The summed E-state index contributed by atoms with van der Waals surface area (Å²) in [7, 11) is 1.64. The molecule has 1 saturated heterocycles. The van der Waals surface area contributed by atoms with E-state index in [1.165, 1.54) is 0 Å². The first-order chi connectivity index (χ1) is 17.4. The Balaban J connectivity index is 1.13. The molecule has 0 atom stereocenters. The summed E-state index contributed by atoms with van der Waals surface area (Å²) in [6.45, 7) is 3.22. The van der Waals surface area contributed by atoms with Gasteiger partial charge in [-0.25, -0.2) is 0 Å². The number of nitrogens with zero attached hydrogens (tertiary/aromatic N) is 2. The minimum absolute atomic E-state index is 0.0412. The smallest absolute Gasteiger partial charge is 0.272 e. The van der Waals surface area contributed by atoms with Crippen molar-refractivity contribution >= 4 is 17.3 Å². The van der Waals surface area contributed by atoms with Gasteiger partial charge in [-0.15, -0.1) is 0 Å². The molecule has 1 N–H and O–H groups in total. The predicted octanol–water partition coefficient (Wildman–Crippen LogP) is 4.72. The topological polar surface area (TPSA) is 103 Å². The van der Waals surface area contributed by atoms with E-state index in [1.54, 1.807) is 26.2 Å². The summed E-state index contributed by atoms with van der Waals surface area (Å²) in [5, 5.41) is 14.5. The Bertz CT molecular complexity index is 1030. The van der Waals surface area contributed by atoms with Crippen molar-refractivity contribution in [3.8, 4) is 11.5 Å². The van der Waals surface area contributed by atoms with Crippen molar-refractivity contribution in [1.82, 2.24) is 4.90 Å². The zero-order valence-corrected chi connectivity index (χ0v) is 21.0. The molecule has 2 aromatic carbocycles. The molecular weight excluding hydrogens is 462 g/mol. The molecule has 194 valence electrons. The summed E-state index contributed by atoms with van der Waals surface area (Å²) in [5.74, 6) is 1.66. The van der Waals surface area contributed by atoms with E-state index in [0.29, 0.717) is 24.7 Å². The van der Waals surface area contributed by atoms with Gasteiger partial charge >= 0.3 is 0 Å². The molecule has 1 aliphatic carbocycles. The lowest BCUT2D eigenvalue weighted by Gasteiger charge is -2.33. The van der Waals surface area contributed by atoms with Crippen LogP contribution in [0.2, 0.25) is 0 Å². The number of benzene rings is 2. The first-order valence-electron chi connectivity index (χ1n) is 12.6. The molecule has 4 rings (SSSR count). The van der Waals surface area contributed by atoms with Gasteiger partial charge in [0, 0.05) is 49.3 Å². The van der Waals surface area contributed by atoms with Crippen LogP contribution >= 0.6 is 0 Å². The molecule has 1 aliphatic heterocycles. The highest BCUT2D eigenvalue weighted by atomic mass is 16.6. The van der Waals surface area contributed by atoms with E-state index in [-0.39, 0.29) is 35.3 Å². The third kappa shape index (κ3) is 6.87. The van der Waals surface area contributed by atoms with Gasteiger partial charge in [0.1, 0.15) is 24.2 Å². The van der Waals surface area contributed by atoms with E-state index in [0.717, 1.165) is 55.7 Å². The van der Waals surface area contributed by atoms with Gasteiger partial charge in [-0.2, -0.15) is 0 Å². The van der Waals surface area contributed by atoms with E-state index in [1.807, 2.05) is 35.2 Å². The highest BCUT2D eigenvalue weighted by molar-refractivity contribution is 5.77. The molecule has 1 heterocycles. The predicted molar refractivity (Wildman–Crippen MR) is 137 cm³/mol. The van der Waals surface area contributed by atoms with E-state index in [9.17, 15) is 14.9 Å². The summed E-state index contributed by atoms with van der Waals surface area (Å²) in [4.78, 5) is 25.2. The van der Waals surface area contributed by atoms with Crippen LogP contribution in [0.3, 0.4) is 0 Å². The SMILES string of the molecule is COc1ccc(OC2CCN(C(=O)COC3CCC(Nc4ccc([N+](=O)[O-])c(C)c4)CC3)CC2)cc1. The summed E-state index contributed by atoms with van der Waals surface area (Å²) < 4.78 is 17.2. The number of nitrogens with one attached hydrogen (secondary N) is 1. The Kier molecular flexibility index (Phi) is 8.64. The summed E-state index contributed by atoms with van der Waals surface area (Å²) in [6.07, 6.45) is 5.43. The number of hydrogen-bond donors (Lipinski definition) is 1. The van der Waals surface area contributed by atoms with Crippen LogP contribution in [0.5, 0.6) is 11.5 Å². The van der Waals surface area contributed by atoms with E-state index in [4.69, 9.17) is 14.2 Å². The van der Waals surface area contributed by atoms with Crippen LogP contribution in [0.1, 0.15) is 44.1 Å². The van der Waals surface area contributed by atoms with Crippen LogP contribution in [-0.2, 0) is 9.53 Å². The average molecular weight is 498 g/mol. The molecule has 9 heteroatoms. The third-order valence-corrected chi connectivity index (χ3v) is 7.04. The van der Waals surface area contributed by atoms with Crippen molar-refractivity contribution in [2.75, 3.05) is 32.1 Å². The number of aryl methyl sites for hydroxylation is 1. The molecule has 0 spiro atoms. The highest BCUT2D eigenvalue weighted by Gasteiger charge is 2.26. The van der Waals surface area contributed by atoms with Crippen molar-refractivity contribution in [1.29, 1.82) is 0 Å². The van der Waals surface area contributed by atoms with Gasteiger partial charge in [-0.05, 0) is 69.0 Å². The second kappa shape index (κ2) is 12.1. The summed E-state index contributed by atoms with van der Waals surface area (Å²) in [5.41, 5.74) is 1.69. The van der Waals surface area contributed by atoms with Gasteiger partial charge in [-0.1, -0.05) is 0 Å². The number of carbonyl (C=O) groups excluding carboxylic acids is 1. The molecular formula is C27H35N3O6. The number of methoxy groups -OCH3 is 1. The first kappa shape index (κ1) is 25.8. The third-order valence-electron chi connectivity index (χ3n) is 7.04. The zero-order valence-electron chi connectivity index (χ0n) is 21.0. The number of nitro groups is 1. The van der Waals surface area contributed by atoms with Gasteiger partial charge < -0.3 is 24.4 Å². The lowest BCUT2D eigenvalue weighted by Crippen LogP contribution is -2.44. The number of carbonyl (C=O) groups is 1. The van der Waals surface area contributed by atoms with Crippen LogP contribution in [-0.4, -0.2) is 60.8 Å². The number of amides is 1. The molecule has 1 saturated carbocycles. The molecule has 9 nitrogen and oxygen atoms in total. The molecule has 36 heavy (non-hydrogen) atoms. The summed E-state index contributed by atoms with van der Waals surface area (Å²) >= 11 is 0. The number of likely N-dealkylation sites (tertiary alicyclic amines) is 1. The van der Waals surface area contributed by atoms with E-state index >= 15 is 0 Å². The maximum Gasteiger partial charge on any atom is 0.272 e. The zero-order chi connectivity index (χ0) is 25.5. The van der Waals surface area contributed by atoms with Crippen LogP contribution < -0.4 is 14.8 Å². The molecule has 2 aromatic rings. The van der Waals surface area contributed by atoms with Crippen molar-refractivity contribution in [3.05, 3.63) is 58.1 Å². The first-order valence-corrected chi connectivity index (χ1v) is 12.6. The second-order valence-electron chi connectivity index (χ2n) is 9.56. The number of hydrogen-bond acceptors (Lipinski definition) is 7. The van der Waals surface area contributed by atoms with E-state index < -0.39 is 0 Å². The highest BCUT2D eigenvalue weighted by Crippen LogP contribution is 2.27. The lowest BCUT2D eigenvalue weighted by atomic mass is 9.92. The Hall–Kier alpha value is -3.33. The van der Waals surface area contributed by atoms with Gasteiger partial charge in [0.25, 0.3) is 5.69 Å². The maximum atomic E-state index is 12.7. The van der Waals surface area contributed by atoms with Crippen molar-refractivity contribution in [3.63, 3.8) is 0 Å². The molecule has 1 amide bonds. The molecule has 0 radical (unpaired) electrons. The van der Waals surface area contributed by atoms with Crippen molar-refractivity contribution < 1.29 is 23.9 Å². The van der Waals surface area contributed by atoms with Crippen molar-refractivity contribution in [2.45, 2.75) is 63.7 Å². The largest absolute Gasteiger partial charge is 0.497 e. The Morgan fingerprint density at radius 3 is 2.28 bits per heavy atom. The lowest BCUT2D eigenvalue weighted by molar-refractivity contribution is -0.385. The fourth-order valence-corrected chi connectivity index (χ4v) is 4.91. The molecule has 0 unspecified atom stereocenters. The molecule has 0 bridgehead atoms. The molecule has 2 aliphatic rings. The van der Waals surface area contributed by atoms with Crippen LogP contribution in [0.4, 0.5) is 11.4 Å². The minimum atomic E-state index is -0.360. The van der Waals surface area contributed by atoms with Gasteiger partial charge in [-0.3, -0.25) is 14.9 Å². The number of nitro benzene ring substituents is 1. The Morgan fingerprint density at radius 1 is 1.00 bits per heavy atom. The fraction of sp³-hybridized carbons (Fsp3) is 0.519. The van der Waals surface area contributed by atoms with Gasteiger partial charge in [0.15, 0.2) is 0 Å². The number of anilines is 1. The quantitative estimate of drug-likeness (QED) is 0.395. The van der Waals surface area contributed by atoms with Gasteiger partial charge in [0.2, 0.25) is 5.91 Å². The Labute approximate surface area is 211 Å².